The molecule has 1 fully saturated rings. The van der Waals surface area contributed by atoms with Crippen LogP contribution >= 0.6 is 11.6 Å². The van der Waals surface area contributed by atoms with E-state index in [1.807, 2.05) is 12.1 Å². The van der Waals surface area contributed by atoms with Gasteiger partial charge in [0.15, 0.2) is 0 Å². The average molecular weight is 414 g/mol. The minimum absolute atomic E-state index is 0.0907. The van der Waals surface area contributed by atoms with Crippen LogP contribution in [0.1, 0.15) is 21.7 Å². The number of hydrogen-bond donors (Lipinski definition) is 0. The third kappa shape index (κ3) is 3.60. The molecule has 29 heavy (non-hydrogen) atoms. The Morgan fingerprint density at radius 3 is 2.48 bits per heavy atom. The standard InChI is InChI=1S/C22H21ClFN3O2/c1-14-6-3-4-9-18(14)26-10-12-27(13-11-26)22(28)19-15(2)29-25-21(19)20-16(23)7-5-8-17(20)24/h3-9H,10-13H2,1-2H3. The van der Waals surface area contributed by atoms with E-state index in [2.05, 4.69) is 29.1 Å². The first-order chi connectivity index (χ1) is 14.0. The summed E-state index contributed by atoms with van der Waals surface area (Å²) in [6.45, 7) is 6.29. The van der Waals surface area contributed by atoms with Crippen molar-refractivity contribution in [2.75, 3.05) is 31.1 Å². The van der Waals surface area contributed by atoms with Crippen molar-refractivity contribution in [1.29, 1.82) is 0 Å². The molecule has 7 heteroatoms. The van der Waals surface area contributed by atoms with Gasteiger partial charge in [0, 0.05) is 31.9 Å². The van der Waals surface area contributed by atoms with Crippen molar-refractivity contribution < 1.29 is 13.7 Å². The van der Waals surface area contributed by atoms with Gasteiger partial charge in [-0.15, -0.1) is 0 Å². The number of hydrogen-bond acceptors (Lipinski definition) is 4. The predicted octanol–water partition coefficient (Wildman–Crippen LogP) is 4.71. The fourth-order valence-corrected chi connectivity index (χ4v) is 4.00. The molecule has 2 heterocycles. The van der Waals surface area contributed by atoms with E-state index in [9.17, 15) is 9.18 Å². The molecule has 0 spiro atoms. The number of aryl methyl sites for hydroxylation is 2. The Morgan fingerprint density at radius 2 is 1.79 bits per heavy atom. The molecule has 0 atom stereocenters. The summed E-state index contributed by atoms with van der Waals surface area (Å²) in [5, 5.41) is 4.13. The van der Waals surface area contributed by atoms with Crippen molar-refractivity contribution in [3.05, 3.63) is 70.2 Å². The van der Waals surface area contributed by atoms with Crippen molar-refractivity contribution in [2.45, 2.75) is 13.8 Å². The number of carbonyl (C=O) groups excluding carboxylic acids is 1. The number of anilines is 1. The van der Waals surface area contributed by atoms with Gasteiger partial charge in [-0.25, -0.2) is 4.39 Å². The van der Waals surface area contributed by atoms with E-state index in [0.717, 1.165) is 13.1 Å². The monoisotopic (exact) mass is 413 g/mol. The van der Waals surface area contributed by atoms with E-state index in [-0.39, 0.29) is 27.8 Å². The highest BCUT2D eigenvalue weighted by Crippen LogP contribution is 2.34. The first-order valence-corrected chi connectivity index (χ1v) is 9.85. The Bertz CT molecular complexity index is 1040. The second-order valence-electron chi connectivity index (χ2n) is 7.12. The lowest BCUT2D eigenvalue weighted by atomic mass is 10.0. The highest BCUT2D eigenvalue weighted by Gasteiger charge is 2.30. The second kappa shape index (κ2) is 7.87. The Hall–Kier alpha value is -2.86. The van der Waals surface area contributed by atoms with Crippen LogP contribution < -0.4 is 4.90 Å². The summed E-state index contributed by atoms with van der Waals surface area (Å²) in [7, 11) is 0. The molecule has 0 aliphatic carbocycles. The number of piperazine rings is 1. The van der Waals surface area contributed by atoms with E-state index in [0.29, 0.717) is 18.8 Å². The van der Waals surface area contributed by atoms with E-state index in [1.54, 1.807) is 17.9 Å². The molecular formula is C22H21ClFN3O2. The zero-order chi connectivity index (χ0) is 20.5. The van der Waals surface area contributed by atoms with Crippen molar-refractivity contribution in [3.8, 4) is 11.3 Å². The molecule has 0 saturated carbocycles. The lowest BCUT2D eigenvalue weighted by Gasteiger charge is -2.36. The number of benzene rings is 2. The zero-order valence-electron chi connectivity index (χ0n) is 16.3. The molecule has 5 nitrogen and oxygen atoms in total. The molecular weight excluding hydrogens is 393 g/mol. The van der Waals surface area contributed by atoms with Gasteiger partial charge in [0.05, 0.1) is 10.6 Å². The van der Waals surface area contributed by atoms with Crippen molar-refractivity contribution >= 4 is 23.2 Å². The van der Waals surface area contributed by atoms with Crippen LogP contribution in [0, 0.1) is 19.7 Å². The maximum Gasteiger partial charge on any atom is 0.259 e. The van der Waals surface area contributed by atoms with Gasteiger partial charge in [0.1, 0.15) is 22.8 Å². The number of nitrogens with zero attached hydrogens (tertiary/aromatic N) is 3. The van der Waals surface area contributed by atoms with Crippen LogP contribution in [0.25, 0.3) is 11.3 Å². The van der Waals surface area contributed by atoms with Crippen LogP contribution in [0.5, 0.6) is 0 Å². The molecule has 1 aliphatic heterocycles. The zero-order valence-corrected chi connectivity index (χ0v) is 17.0. The lowest BCUT2D eigenvalue weighted by Crippen LogP contribution is -2.49. The SMILES string of the molecule is Cc1ccccc1N1CCN(C(=O)c2c(-c3c(F)cccc3Cl)noc2C)CC1. The lowest BCUT2D eigenvalue weighted by molar-refractivity contribution is 0.0745. The number of amides is 1. The van der Waals surface area contributed by atoms with E-state index in [1.165, 1.54) is 23.4 Å². The molecule has 1 aliphatic rings. The minimum Gasteiger partial charge on any atom is -0.368 e. The maximum absolute atomic E-state index is 14.4. The first-order valence-electron chi connectivity index (χ1n) is 9.48. The number of para-hydroxylation sites is 1. The molecule has 0 unspecified atom stereocenters. The fourth-order valence-electron chi connectivity index (χ4n) is 3.75. The van der Waals surface area contributed by atoms with E-state index in [4.69, 9.17) is 16.1 Å². The normalized spacial score (nSPS) is 14.3. The third-order valence-electron chi connectivity index (χ3n) is 5.30. The third-order valence-corrected chi connectivity index (χ3v) is 5.61. The summed E-state index contributed by atoms with van der Waals surface area (Å²) in [6, 6.07) is 12.6. The number of rotatable bonds is 3. The van der Waals surface area contributed by atoms with Crippen molar-refractivity contribution in [2.24, 2.45) is 0 Å². The fraction of sp³-hybridized carbons (Fsp3) is 0.273. The maximum atomic E-state index is 14.4. The van der Waals surface area contributed by atoms with E-state index >= 15 is 0 Å². The minimum atomic E-state index is -0.538. The number of carbonyl (C=O) groups is 1. The van der Waals surface area contributed by atoms with Gasteiger partial charge in [-0.2, -0.15) is 0 Å². The summed E-state index contributed by atoms with van der Waals surface area (Å²) >= 11 is 6.18. The molecule has 0 radical (unpaired) electrons. The van der Waals surface area contributed by atoms with Crippen LogP contribution in [0.3, 0.4) is 0 Å². The molecule has 1 saturated heterocycles. The van der Waals surface area contributed by atoms with E-state index < -0.39 is 5.82 Å². The van der Waals surface area contributed by atoms with Gasteiger partial charge in [-0.05, 0) is 37.6 Å². The molecule has 150 valence electrons. The Morgan fingerprint density at radius 1 is 1.07 bits per heavy atom. The highest BCUT2D eigenvalue weighted by atomic mass is 35.5. The quantitative estimate of drug-likeness (QED) is 0.623. The van der Waals surface area contributed by atoms with Crippen LogP contribution in [0.2, 0.25) is 5.02 Å². The smallest absolute Gasteiger partial charge is 0.259 e. The summed E-state index contributed by atoms with van der Waals surface area (Å²) in [4.78, 5) is 17.3. The molecule has 3 aromatic rings. The number of halogens is 2. The summed E-state index contributed by atoms with van der Waals surface area (Å²) in [5.74, 6) is -0.405. The topological polar surface area (TPSA) is 49.6 Å². The summed E-state index contributed by atoms with van der Waals surface area (Å²) in [6.07, 6.45) is 0. The highest BCUT2D eigenvalue weighted by molar-refractivity contribution is 6.33. The summed E-state index contributed by atoms with van der Waals surface area (Å²) < 4.78 is 19.7. The molecule has 0 N–H and O–H groups in total. The van der Waals surface area contributed by atoms with Crippen LogP contribution in [0.4, 0.5) is 10.1 Å². The van der Waals surface area contributed by atoms with Gasteiger partial charge in [-0.1, -0.05) is 41.0 Å². The first kappa shape index (κ1) is 19.5. The van der Waals surface area contributed by atoms with Gasteiger partial charge in [-0.3, -0.25) is 4.79 Å². The van der Waals surface area contributed by atoms with Crippen LogP contribution in [0.15, 0.2) is 47.0 Å². The van der Waals surface area contributed by atoms with Crippen molar-refractivity contribution in [3.63, 3.8) is 0 Å². The number of aromatic nitrogens is 1. The summed E-state index contributed by atoms with van der Waals surface area (Å²) in [5.41, 5.74) is 2.89. The van der Waals surface area contributed by atoms with Crippen molar-refractivity contribution in [1.82, 2.24) is 10.1 Å². The van der Waals surface area contributed by atoms with Gasteiger partial charge >= 0.3 is 0 Å². The Balaban J connectivity index is 1.58. The second-order valence-corrected chi connectivity index (χ2v) is 7.53. The largest absolute Gasteiger partial charge is 0.368 e. The Kier molecular flexibility index (Phi) is 5.28. The van der Waals surface area contributed by atoms with Crippen LogP contribution in [-0.2, 0) is 0 Å². The average Bonchev–Trinajstić information content (AvgIpc) is 3.09. The molecule has 4 rings (SSSR count). The molecule has 2 aromatic carbocycles. The van der Waals surface area contributed by atoms with Gasteiger partial charge in [0.25, 0.3) is 5.91 Å². The van der Waals surface area contributed by atoms with Gasteiger partial charge < -0.3 is 14.3 Å². The molecule has 1 amide bonds. The van der Waals surface area contributed by atoms with Crippen LogP contribution in [-0.4, -0.2) is 42.1 Å². The van der Waals surface area contributed by atoms with Gasteiger partial charge in [0.2, 0.25) is 0 Å². The molecule has 1 aromatic heterocycles. The predicted molar refractivity (Wildman–Crippen MR) is 111 cm³/mol. The Labute approximate surface area is 173 Å². The molecule has 0 bridgehead atoms.